The first-order valence-corrected chi connectivity index (χ1v) is 8.21. The van der Waals surface area contributed by atoms with Gasteiger partial charge in [0.2, 0.25) is 15.9 Å². The number of benzene rings is 1. The van der Waals surface area contributed by atoms with Crippen LogP contribution in [0.15, 0.2) is 29.2 Å². The average molecular weight is 313 g/mol. The van der Waals surface area contributed by atoms with Crippen LogP contribution >= 0.6 is 0 Å². The van der Waals surface area contributed by atoms with Crippen LogP contribution in [0.25, 0.3) is 0 Å². The number of amides is 1. The van der Waals surface area contributed by atoms with E-state index in [1.165, 1.54) is 6.07 Å². The van der Waals surface area contributed by atoms with E-state index in [0.29, 0.717) is 6.54 Å². The van der Waals surface area contributed by atoms with Crippen molar-refractivity contribution in [3.63, 3.8) is 0 Å². The summed E-state index contributed by atoms with van der Waals surface area (Å²) in [5.74, 6) is -0.0551. The molecule has 7 heteroatoms. The number of carbonyl (C=O) groups excluding carboxylic acids is 1. The quantitative estimate of drug-likeness (QED) is 0.721. The summed E-state index contributed by atoms with van der Waals surface area (Å²) in [4.78, 5) is 11.8. The Balaban J connectivity index is 2.82. The van der Waals surface area contributed by atoms with Crippen LogP contribution in [0, 0.1) is 5.41 Å². The van der Waals surface area contributed by atoms with E-state index >= 15 is 0 Å². The molecule has 0 aliphatic rings. The molecule has 0 aliphatic carbocycles. The van der Waals surface area contributed by atoms with Gasteiger partial charge in [0, 0.05) is 19.6 Å². The largest absolute Gasteiger partial charge is 0.359 e. The zero-order valence-corrected chi connectivity index (χ0v) is 13.6. The summed E-state index contributed by atoms with van der Waals surface area (Å²) in [6.45, 7) is 6.05. The third kappa shape index (κ3) is 4.80. The number of rotatable bonds is 6. The summed E-state index contributed by atoms with van der Waals surface area (Å²) in [6.07, 6.45) is 0. The lowest BCUT2D eigenvalue weighted by molar-refractivity contribution is -0.128. The van der Waals surface area contributed by atoms with Crippen molar-refractivity contribution in [1.29, 1.82) is 0 Å². The molecule has 0 saturated heterocycles. The molecule has 0 fully saturated rings. The average Bonchev–Trinajstić information content (AvgIpc) is 2.43. The molecule has 21 heavy (non-hydrogen) atoms. The molecule has 4 N–H and O–H groups in total. The van der Waals surface area contributed by atoms with Gasteiger partial charge in [-0.25, -0.2) is 13.6 Å². The third-order valence-electron chi connectivity index (χ3n) is 3.38. The first kappa shape index (κ1) is 17.6. The second-order valence-corrected chi connectivity index (χ2v) is 7.24. The molecule has 0 spiro atoms. The van der Waals surface area contributed by atoms with Gasteiger partial charge < -0.3 is 10.6 Å². The summed E-state index contributed by atoms with van der Waals surface area (Å²) < 4.78 is 22.7. The van der Waals surface area contributed by atoms with Crippen LogP contribution in [0.5, 0.6) is 0 Å². The van der Waals surface area contributed by atoms with Gasteiger partial charge in [-0.15, -0.1) is 0 Å². The topological polar surface area (TPSA) is 101 Å². The van der Waals surface area contributed by atoms with Crippen LogP contribution in [0.3, 0.4) is 0 Å². The third-order valence-corrected chi connectivity index (χ3v) is 4.29. The Morgan fingerprint density at radius 1 is 1.38 bits per heavy atom. The molecule has 1 unspecified atom stereocenters. The Morgan fingerprint density at radius 3 is 2.52 bits per heavy atom. The highest BCUT2D eigenvalue weighted by Gasteiger charge is 2.26. The standard InChI is InChI=1S/C14H23N3O3S/c1-10(17-9-14(2,3)13(18)16-4)11-6-5-7-12(8-11)21(15,19)20/h5-8,10,17H,9H2,1-4H3,(H,16,18)(H2,15,19,20). The fourth-order valence-electron chi connectivity index (χ4n) is 1.91. The number of nitrogens with two attached hydrogens (primary N) is 1. The van der Waals surface area contributed by atoms with E-state index in [1.54, 1.807) is 19.2 Å². The van der Waals surface area contributed by atoms with Gasteiger partial charge in [-0.05, 0) is 38.5 Å². The lowest BCUT2D eigenvalue weighted by atomic mass is 9.91. The summed E-state index contributed by atoms with van der Waals surface area (Å²) in [5, 5.41) is 11.0. The highest BCUT2D eigenvalue weighted by atomic mass is 32.2. The molecule has 0 radical (unpaired) electrons. The minimum Gasteiger partial charge on any atom is -0.359 e. The van der Waals surface area contributed by atoms with Crippen LogP contribution in [0.2, 0.25) is 0 Å². The number of nitrogens with one attached hydrogen (secondary N) is 2. The lowest BCUT2D eigenvalue weighted by Gasteiger charge is -2.25. The van der Waals surface area contributed by atoms with Crippen molar-refractivity contribution in [3.05, 3.63) is 29.8 Å². The monoisotopic (exact) mass is 313 g/mol. The van der Waals surface area contributed by atoms with Crippen LogP contribution in [0.4, 0.5) is 0 Å². The van der Waals surface area contributed by atoms with Gasteiger partial charge in [0.15, 0.2) is 0 Å². The molecule has 0 saturated carbocycles. The maximum absolute atomic E-state index is 11.7. The fourth-order valence-corrected chi connectivity index (χ4v) is 2.47. The van der Waals surface area contributed by atoms with Crippen molar-refractivity contribution < 1.29 is 13.2 Å². The Morgan fingerprint density at radius 2 is 2.00 bits per heavy atom. The minimum atomic E-state index is -3.71. The maximum atomic E-state index is 11.7. The summed E-state index contributed by atoms with van der Waals surface area (Å²) in [5.41, 5.74) is 0.245. The maximum Gasteiger partial charge on any atom is 0.238 e. The highest BCUT2D eigenvalue weighted by Crippen LogP contribution is 2.19. The van der Waals surface area contributed by atoms with E-state index in [4.69, 9.17) is 5.14 Å². The van der Waals surface area contributed by atoms with Crippen molar-refractivity contribution in [3.8, 4) is 0 Å². The van der Waals surface area contributed by atoms with Crippen molar-refractivity contribution in [1.82, 2.24) is 10.6 Å². The zero-order valence-electron chi connectivity index (χ0n) is 12.8. The molecule has 1 aromatic rings. The molecule has 118 valence electrons. The fraction of sp³-hybridized carbons (Fsp3) is 0.500. The first-order valence-electron chi connectivity index (χ1n) is 6.66. The van der Waals surface area contributed by atoms with E-state index in [1.807, 2.05) is 26.8 Å². The van der Waals surface area contributed by atoms with Gasteiger partial charge in [-0.2, -0.15) is 0 Å². The number of hydrogen-bond acceptors (Lipinski definition) is 4. The SMILES string of the molecule is CNC(=O)C(C)(C)CNC(C)c1cccc(S(N)(=O)=O)c1. The van der Waals surface area contributed by atoms with E-state index < -0.39 is 15.4 Å². The molecular weight excluding hydrogens is 290 g/mol. The van der Waals surface area contributed by atoms with Gasteiger partial charge in [0.05, 0.1) is 10.3 Å². The van der Waals surface area contributed by atoms with Gasteiger partial charge in [0.1, 0.15) is 0 Å². The summed E-state index contributed by atoms with van der Waals surface area (Å²) >= 11 is 0. The van der Waals surface area contributed by atoms with Crippen LogP contribution < -0.4 is 15.8 Å². The van der Waals surface area contributed by atoms with E-state index in [0.717, 1.165) is 5.56 Å². The zero-order chi connectivity index (χ0) is 16.3. The number of carbonyl (C=O) groups is 1. The van der Waals surface area contributed by atoms with Crippen LogP contribution in [-0.4, -0.2) is 27.9 Å². The van der Waals surface area contributed by atoms with Gasteiger partial charge in [-0.1, -0.05) is 12.1 Å². The molecule has 0 bridgehead atoms. The number of primary sulfonamides is 1. The molecule has 1 rings (SSSR count). The van der Waals surface area contributed by atoms with E-state index in [-0.39, 0.29) is 16.8 Å². The van der Waals surface area contributed by atoms with E-state index in [9.17, 15) is 13.2 Å². The van der Waals surface area contributed by atoms with Crippen molar-refractivity contribution in [2.24, 2.45) is 10.6 Å². The van der Waals surface area contributed by atoms with E-state index in [2.05, 4.69) is 10.6 Å². The second kappa shape index (κ2) is 6.55. The Kier molecular flexibility index (Phi) is 5.49. The molecule has 1 aromatic carbocycles. The molecule has 6 nitrogen and oxygen atoms in total. The van der Waals surface area contributed by atoms with Crippen LogP contribution in [0.1, 0.15) is 32.4 Å². The van der Waals surface area contributed by atoms with Gasteiger partial charge >= 0.3 is 0 Å². The smallest absolute Gasteiger partial charge is 0.238 e. The Labute approximate surface area is 126 Å². The van der Waals surface area contributed by atoms with Gasteiger partial charge in [0.25, 0.3) is 0 Å². The summed E-state index contributed by atoms with van der Waals surface area (Å²) in [6, 6.07) is 6.37. The molecule has 1 amide bonds. The first-order chi connectivity index (χ1) is 9.58. The lowest BCUT2D eigenvalue weighted by Crippen LogP contribution is -2.42. The number of sulfonamides is 1. The van der Waals surface area contributed by atoms with Crippen molar-refractivity contribution in [2.75, 3.05) is 13.6 Å². The molecule has 0 aromatic heterocycles. The second-order valence-electron chi connectivity index (χ2n) is 5.68. The predicted molar refractivity (Wildman–Crippen MR) is 82.1 cm³/mol. The van der Waals surface area contributed by atoms with Crippen molar-refractivity contribution >= 4 is 15.9 Å². The molecule has 0 aliphatic heterocycles. The molecule has 1 atom stereocenters. The number of hydrogen-bond donors (Lipinski definition) is 3. The highest BCUT2D eigenvalue weighted by molar-refractivity contribution is 7.89. The normalized spacial score (nSPS) is 13.8. The van der Waals surface area contributed by atoms with Crippen LogP contribution in [-0.2, 0) is 14.8 Å². The Bertz CT molecular complexity index is 612. The molecular formula is C14H23N3O3S. The Hall–Kier alpha value is -1.44. The molecule has 0 heterocycles. The minimum absolute atomic E-state index is 0.0551. The summed E-state index contributed by atoms with van der Waals surface area (Å²) in [7, 11) is -2.11. The predicted octanol–water partition coefficient (Wildman–Crippen LogP) is 0.757. The van der Waals surface area contributed by atoms with Crippen molar-refractivity contribution in [2.45, 2.75) is 31.7 Å². The van der Waals surface area contributed by atoms with Gasteiger partial charge in [-0.3, -0.25) is 4.79 Å².